The average molecular weight is 501 g/mol. The lowest BCUT2D eigenvalue weighted by Crippen LogP contribution is -2.13. The second-order valence-electron chi connectivity index (χ2n) is 8.03. The van der Waals surface area contributed by atoms with Gasteiger partial charge in [-0.15, -0.1) is 0 Å². The number of halogens is 5. The number of hydrogen-bond acceptors (Lipinski definition) is 3. The number of aryl methyl sites for hydroxylation is 1. The SMILES string of the molecule is Cc1nn(Cc2ccccc2F)c(C)c1NC(=O)c1ccc(COc2c(F)c(F)cc(F)c2F)cc1. The molecule has 10 heteroatoms. The van der Waals surface area contributed by atoms with E-state index >= 15 is 0 Å². The Bertz CT molecular complexity index is 1410. The van der Waals surface area contributed by atoms with Gasteiger partial charge in [0.15, 0.2) is 17.4 Å². The molecule has 3 aromatic carbocycles. The standard InChI is InChI=1S/C26H20F5N3O2/c1-14-24(15(2)34(33-14)12-18-5-3-4-6-19(18)27)32-26(35)17-9-7-16(8-10-17)13-36-25-22(30)20(28)11-21(29)23(25)31/h3-11H,12-13H2,1-2H3,(H,32,35). The van der Waals surface area contributed by atoms with Crippen LogP contribution in [0, 0.1) is 42.9 Å². The maximum atomic E-state index is 14.0. The van der Waals surface area contributed by atoms with Crippen molar-refractivity contribution in [1.82, 2.24) is 9.78 Å². The van der Waals surface area contributed by atoms with Crippen molar-refractivity contribution in [2.45, 2.75) is 27.0 Å². The molecule has 1 N–H and O–H groups in total. The van der Waals surface area contributed by atoms with Gasteiger partial charge in [-0.05, 0) is 37.6 Å². The summed E-state index contributed by atoms with van der Waals surface area (Å²) in [7, 11) is 0. The summed E-state index contributed by atoms with van der Waals surface area (Å²) in [6.07, 6.45) is 0. The van der Waals surface area contributed by atoms with Crippen LogP contribution in [-0.2, 0) is 13.2 Å². The number of benzene rings is 3. The molecule has 4 rings (SSSR count). The minimum atomic E-state index is -1.63. The number of nitrogens with zero attached hydrogens (tertiary/aromatic N) is 2. The summed E-state index contributed by atoms with van der Waals surface area (Å²) in [5.74, 6) is -8.36. The molecular weight excluding hydrogens is 481 g/mol. The first-order chi connectivity index (χ1) is 17.2. The van der Waals surface area contributed by atoms with Gasteiger partial charge in [-0.2, -0.15) is 13.9 Å². The molecule has 0 aliphatic carbocycles. The van der Waals surface area contributed by atoms with Crippen LogP contribution in [0.3, 0.4) is 0 Å². The molecule has 0 saturated carbocycles. The lowest BCUT2D eigenvalue weighted by atomic mass is 10.1. The molecule has 1 aromatic heterocycles. The van der Waals surface area contributed by atoms with Gasteiger partial charge in [0.05, 0.1) is 23.6 Å². The van der Waals surface area contributed by atoms with Crippen LogP contribution in [0.4, 0.5) is 27.6 Å². The van der Waals surface area contributed by atoms with Crippen LogP contribution in [0.5, 0.6) is 5.75 Å². The Labute approximate surface area is 203 Å². The maximum absolute atomic E-state index is 14.0. The van der Waals surface area contributed by atoms with Crippen molar-refractivity contribution < 1.29 is 31.5 Å². The molecular formula is C26H20F5N3O2. The monoisotopic (exact) mass is 501 g/mol. The van der Waals surface area contributed by atoms with Gasteiger partial charge in [0.1, 0.15) is 12.4 Å². The molecule has 0 saturated heterocycles. The van der Waals surface area contributed by atoms with Crippen LogP contribution < -0.4 is 10.1 Å². The number of rotatable bonds is 7. The summed E-state index contributed by atoms with van der Waals surface area (Å²) in [6.45, 7) is 3.28. The number of aromatic nitrogens is 2. The zero-order valence-corrected chi connectivity index (χ0v) is 19.2. The Morgan fingerprint density at radius 2 is 1.56 bits per heavy atom. The molecule has 36 heavy (non-hydrogen) atoms. The van der Waals surface area contributed by atoms with Crippen LogP contribution >= 0.6 is 0 Å². The van der Waals surface area contributed by atoms with Crippen molar-refractivity contribution >= 4 is 11.6 Å². The fourth-order valence-corrected chi connectivity index (χ4v) is 3.59. The van der Waals surface area contributed by atoms with Crippen molar-refractivity contribution in [3.8, 4) is 5.75 Å². The first-order valence-electron chi connectivity index (χ1n) is 10.8. The summed E-state index contributed by atoms with van der Waals surface area (Å²) in [6, 6.07) is 12.3. The predicted molar refractivity (Wildman–Crippen MR) is 122 cm³/mol. The van der Waals surface area contributed by atoms with E-state index in [1.807, 2.05) is 0 Å². The molecule has 1 amide bonds. The van der Waals surface area contributed by atoms with Gasteiger partial charge in [-0.25, -0.2) is 13.2 Å². The third-order valence-electron chi connectivity index (χ3n) is 5.57. The summed E-state index contributed by atoms with van der Waals surface area (Å²) in [4.78, 5) is 12.8. The Morgan fingerprint density at radius 1 is 0.917 bits per heavy atom. The Morgan fingerprint density at radius 3 is 2.19 bits per heavy atom. The first-order valence-corrected chi connectivity index (χ1v) is 10.8. The van der Waals surface area contributed by atoms with Crippen LogP contribution in [0.2, 0.25) is 0 Å². The van der Waals surface area contributed by atoms with E-state index in [9.17, 15) is 26.7 Å². The zero-order valence-electron chi connectivity index (χ0n) is 19.2. The topological polar surface area (TPSA) is 56.2 Å². The highest BCUT2D eigenvalue weighted by Gasteiger charge is 2.21. The number of hydrogen-bond donors (Lipinski definition) is 1. The van der Waals surface area contributed by atoms with Crippen molar-refractivity contribution in [3.63, 3.8) is 0 Å². The molecule has 0 aliphatic heterocycles. The van der Waals surface area contributed by atoms with E-state index in [0.717, 1.165) is 0 Å². The van der Waals surface area contributed by atoms with Gasteiger partial charge in [0.25, 0.3) is 5.91 Å². The Kier molecular flexibility index (Phi) is 7.05. The summed E-state index contributed by atoms with van der Waals surface area (Å²) >= 11 is 0. The molecule has 0 atom stereocenters. The number of amides is 1. The summed E-state index contributed by atoms with van der Waals surface area (Å²) < 4.78 is 74.7. The third kappa shape index (κ3) is 5.07. The van der Waals surface area contributed by atoms with E-state index in [4.69, 9.17) is 4.74 Å². The highest BCUT2D eigenvalue weighted by molar-refractivity contribution is 6.04. The quantitative estimate of drug-likeness (QED) is 0.247. The molecule has 186 valence electrons. The maximum Gasteiger partial charge on any atom is 0.255 e. The van der Waals surface area contributed by atoms with Gasteiger partial charge >= 0.3 is 0 Å². The van der Waals surface area contributed by atoms with Crippen molar-refractivity contribution in [1.29, 1.82) is 0 Å². The largest absolute Gasteiger partial charge is 0.483 e. The minimum Gasteiger partial charge on any atom is -0.483 e. The lowest BCUT2D eigenvalue weighted by Gasteiger charge is -2.10. The van der Waals surface area contributed by atoms with Crippen LogP contribution in [0.15, 0.2) is 54.6 Å². The van der Waals surface area contributed by atoms with Crippen LogP contribution in [-0.4, -0.2) is 15.7 Å². The normalized spacial score (nSPS) is 11.0. The molecule has 0 aliphatic rings. The van der Waals surface area contributed by atoms with E-state index in [0.29, 0.717) is 28.2 Å². The lowest BCUT2D eigenvalue weighted by molar-refractivity contribution is 0.102. The van der Waals surface area contributed by atoms with Gasteiger partial charge in [0, 0.05) is 17.2 Å². The number of anilines is 1. The van der Waals surface area contributed by atoms with Crippen molar-refractivity contribution in [2.75, 3.05) is 5.32 Å². The molecule has 0 radical (unpaired) electrons. The first kappa shape index (κ1) is 24.9. The molecule has 4 aromatic rings. The highest BCUT2D eigenvalue weighted by Crippen LogP contribution is 2.27. The number of carbonyl (C=O) groups is 1. The second-order valence-corrected chi connectivity index (χ2v) is 8.03. The van der Waals surface area contributed by atoms with E-state index in [1.165, 1.54) is 30.3 Å². The third-order valence-corrected chi connectivity index (χ3v) is 5.57. The predicted octanol–water partition coefficient (Wildman–Crippen LogP) is 6.08. The van der Waals surface area contributed by atoms with Crippen molar-refractivity contribution in [3.05, 3.63) is 112 Å². The smallest absolute Gasteiger partial charge is 0.255 e. The molecule has 0 spiro atoms. The van der Waals surface area contributed by atoms with E-state index < -0.39 is 34.9 Å². The van der Waals surface area contributed by atoms with E-state index in [1.54, 1.807) is 36.7 Å². The van der Waals surface area contributed by atoms with Gasteiger partial charge in [-0.3, -0.25) is 9.48 Å². The number of nitrogens with one attached hydrogen (secondary N) is 1. The molecule has 1 heterocycles. The van der Waals surface area contributed by atoms with Crippen molar-refractivity contribution in [2.24, 2.45) is 0 Å². The molecule has 0 fully saturated rings. The van der Waals surface area contributed by atoms with Gasteiger partial charge < -0.3 is 10.1 Å². The minimum absolute atomic E-state index is 0.0953. The molecule has 5 nitrogen and oxygen atoms in total. The number of carbonyl (C=O) groups excluding carboxylic acids is 1. The highest BCUT2D eigenvalue weighted by atomic mass is 19.2. The fourth-order valence-electron chi connectivity index (χ4n) is 3.59. The molecule has 0 bridgehead atoms. The zero-order chi connectivity index (χ0) is 26.0. The van der Waals surface area contributed by atoms with Crippen LogP contribution in [0.25, 0.3) is 0 Å². The van der Waals surface area contributed by atoms with Crippen LogP contribution in [0.1, 0.15) is 32.9 Å². The molecule has 0 unspecified atom stereocenters. The van der Waals surface area contributed by atoms with E-state index in [-0.39, 0.29) is 30.6 Å². The average Bonchev–Trinajstić information content (AvgIpc) is 3.12. The Hall–Kier alpha value is -4.21. The Balaban J connectivity index is 1.44. The summed E-state index contributed by atoms with van der Waals surface area (Å²) in [5.41, 5.74) is 2.81. The summed E-state index contributed by atoms with van der Waals surface area (Å²) in [5, 5.41) is 7.18. The van der Waals surface area contributed by atoms with E-state index in [2.05, 4.69) is 10.4 Å². The van der Waals surface area contributed by atoms with Gasteiger partial charge in [-0.1, -0.05) is 30.3 Å². The number of ether oxygens (including phenoxy) is 1. The second kappa shape index (κ2) is 10.2. The van der Waals surface area contributed by atoms with Gasteiger partial charge in [0.2, 0.25) is 11.6 Å². The fraction of sp³-hybridized carbons (Fsp3) is 0.154.